The summed E-state index contributed by atoms with van der Waals surface area (Å²) in [7, 11) is 0. The number of amidine groups is 1. The minimum Gasteiger partial charge on any atom is -0.383 e. The molecule has 0 aliphatic carbocycles. The van der Waals surface area contributed by atoms with Gasteiger partial charge in [0.25, 0.3) is 0 Å². The van der Waals surface area contributed by atoms with Crippen molar-refractivity contribution in [1.29, 1.82) is 0 Å². The zero-order valence-electron chi connectivity index (χ0n) is 9.07. The second-order valence-electron chi connectivity index (χ2n) is 3.50. The van der Waals surface area contributed by atoms with E-state index in [4.69, 9.17) is 5.73 Å². The molecule has 0 radical (unpaired) electrons. The summed E-state index contributed by atoms with van der Waals surface area (Å²) in [6.45, 7) is 2.54. The molecule has 82 valence electrons. The first-order chi connectivity index (χ1) is 7.74. The normalized spacial score (nSPS) is 12.0. The Hall–Kier alpha value is -1.90. The molecule has 0 aliphatic rings. The molecular weight excluding hydrogens is 203 g/mol. The molecule has 2 aromatic rings. The summed E-state index contributed by atoms with van der Waals surface area (Å²) < 4.78 is 13.5. The average molecular weight is 216 g/mol. The van der Waals surface area contributed by atoms with E-state index in [1.54, 1.807) is 12.1 Å². The predicted molar refractivity (Wildman–Crippen MR) is 65.2 cm³/mol. The highest BCUT2D eigenvalue weighted by atomic mass is 19.1. The van der Waals surface area contributed by atoms with E-state index in [1.807, 2.05) is 25.1 Å². The van der Waals surface area contributed by atoms with Gasteiger partial charge in [0.05, 0.1) is 0 Å². The number of aliphatic imine (C=N–C) groups is 1. The zero-order chi connectivity index (χ0) is 11.5. The summed E-state index contributed by atoms with van der Waals surface area (Å²) in [6, 6.07) is 10.4. The summed E-state index contributed by atoms with van der Waals surface area (Å²) in [5.41, 5.74) is 6.64. The highest BCUT2D eigenvalue weighted by Gasteiger charge is 2.07. The van der Waals surface area contributed by atoms with Crippen LogP contribution in [0.1, 0.15) is 12.5 Å². The fourth-order valence-corrected chi connectivity index (χ4v) is 1.74. The topological polar surface area (TPSA) is 38.4 Å². The van der Waals surface area contributed by atoms with Gasteiger partial charge in [-0.25, -0.2) is 4.39 Å². The standard InChI is InChI=1S/C13H13FN2/c1-2-16-13(15)11-7-8-12(14)10-6-4-3-5-9(10)11/h3-8H,2H2,1H3,(H2,15,16). The number of nitrogens with two attached hydrogens (primary N) is 1. The van der Waals surface area contributed by atoms with E-state index >= 15 is 0 Å². The van der Waals surface area contributed by atoms with Crippen molar-refractivity contribution in [1.82, 2.24) is 0 Å². The second-order valence-corrected chi connectivity index (χ2v) is 3.50. The van der Waals surface area contributed by atoms with Crippen LogP contribution in [0.25, 0.3) is 10.8 Å². The number of nitrogens with zero attached hydrogens (tertiary/aromatic N) is 1. The Balaban J connectivity index is 2.72. The number of fused-ring (bicyclic) bond motifs is 1. The minimum atomic E-state index is -0.233. The molecule has 0 heterocycles. The van der Waals surface area contributed by atoms with Crippen LogP contribution >= 0.6 is 0 Å². The molecule has 3 heteroatoms. The van der Waals surface area contributed by atoms with Gasteiger partial charge in [0.15, 0.2) is 0 Å². The summed E-state index contributed by atoms with van der Waals surface area (Å²) in [4.78, 5) is 4.15. The lowest BCUT2D eigenvalue weighted by molar-refractivity contribution is 0.640. The van der Waals surface area contributed by atoms with Gasteiger partial charge in [0.2, 0.25) is 0 Å². The largest absolute Gasteiger partial charge is 0.383 e. The van der Waals surface area contributed by atoms with Crippen LogP contribution < -0.4 is 5.73 Å². The molecule has 0 bridgehead atoms. The molecule has 2 nitrogen and oxygen atoms in total. The first-order valence-corrected chi connectivity index (χ1v) is 5.21. The Labute approximate surface area is 93.6 Å². The van der Waals surface area contributed by atoms with Crippen molar-refractivity contribution in [3.63, 3.8) is 0 Å². The lowest BCUT2D eigenvalue weighted by Crippen LogP contribution is -2.14. The van der Waals surface area contributed by atoms with E-state index in [2.05, 4.69) is 4.99 Å². The van der Waals surface area contributed by atoms with Gasteiger partial charge in [0.1, 0.15) is 11.7 Å². The molecule has 0 aliphatic heterocycles. The predicted octanol–water partition coefficient (Wildman–Crippen LogP) is 2.70. The molecule has 2 N–H and O–H groups in total. The molecule has 0 aromatic heterocycles. The average Bonchev–Trinajstić information content (AvgIpc) is 2.30. The summed E-state index contributed by atoms with van der Waals surface area (Å²) in [6.07, 6.45) is 0. The van der Waals surface area contributed by atoms with Crippen molar-refractivity contribution in [2.75, 3.05) is 6.54 Å². The molecular formula is C13H13FN2. The van der Waals surface area contributed by atoms with Crippen LogP contribution in [0.4, 0.5) is 4.39 Å². The van der Waals surface area contributed by atoms with Gasteiger partial charge >= 0.3 is 0 Å². The Kier molecular flexibility index (Phi) is 2.86. The van der Waals surface area contributed by atoms with E-state index in [-0.39, 0.29) is 5.82 Å². The maximum absolute atomic E-state index is 13.5. The Bertz CT molecular complexity index is 547. The first kappa shape index (κ1) is 10.6. The molecule has 2 aromatic carbocycles. The molecule has 0 saturated heterocycles. The van der Waals surface area contributed by atoms with E-state index in [0.29, 0.717) is 17.8 Å². The Morgan fingerprint density at radius 2 is 1.88 bits per heavy atom. The summed E-state index contributed by atoms with van der Waals surface area (Å²) in [5.74, 6) is 0.224. The van der Waals surface area contributed by atoms with Crippen molar-refractivity contribution >= 4 is 16.6 Å². The fourth-order valence-electron chi connectivity index (χ4n) is 1.74. The second kappa shape index (κ2) is 4.31. The third-order valence-electron chi connectivity index (χ3n) is 2.48. The third-order valence-corrected chi connectivity index (χ3v) is 2.48. The van der Waals surface area contributed by atoms with E-state index in [9.17, 15) is 4.39 Å². The van der Waals surface area contributed by atoms with Crippen molar-refractivity contribution in [2.24, 2.45) is 10.7 Å². The van der Waals surface area contributed by atoms with Crippen molar-refractivity contribution in [3.05, 3.63) is 47.8 Å². The van der Waals surface area contributed by atoms with Gasteiger partial charge < -0.3 is 5.73 Å². The molecule has 0 spiro atoms. The lowest BCUT2D eigenvalue weighted by Gasteiger charge is -2.06. The number of benzene rings is 2. The van der Waals surface area contributed by atoms with Crippen molar-refractivity contribution in [3.8, 4) is 0 Å². The molecule has 2 rings (SSSR count). The van der Waals surface area contributed by atoms with Crippen molar-refractivity contribution in [2.45, 2.75) is 6.92 Å². The van der Waals surface area contributed by atoms with Gasteiger partial charge in [-0.3, -0.25) is 4.99 Å². The first-order valence-electron chi connectivity index (χ1n) is 5.21. The summed E-state index contributed by atoms with van der Waals surface area (Å²) in [5, 5.41) is 1.38. The number of hydrogen-bond donors (Lipinski definition) is 1. The highest BCUT2D eigenvalue weighted by Crippen LogP contribution is 2.21. The van der Waals surface area contributed by atoms with Gasteiger partial charge in [-0.2, -0.15) is 0 Å². The van der Waals surface area contributed by atoms with Gasteiger partial charge in [-0.1, -0.05) is 24.3 Å². The van der Waals surface area contributed by atoms with Crippen LogP contribution in [0, 0.1) is 5.82 Å². The molecule has 0 fully saturated rings. The maximum Gasteiger partial charge on any atom is 0.131 e. The Morgan fingerprint density at radius 1 is 1.19 bits per heavy atom. The smallest absolute Gasteiger partial charge is 0.131 e. The highest BCUT2D eigenvalue weighted by molar-refractivity contribution is 6.09. The van der Waals surface area contributed by atoms with E-state index < -0.39 is 0 Å². The third kappa shape index (κ3) is 1.76. The quantitative estimate of drug-likeness (QED) is 0.608. The van der Waals surface area contributed by atoms with Gasteiger partial charge in [-0.05, 0) is 24.4 Å². The van der Waals surface area contributed by atoms with Crippen LogP contribution in [-0.2, 0) is 0 Å². The van der Waals surface area contributed by atoms with Gasteiger partial charge in [0, 0.05) is 17.5 Å². The zero-order valence-corrected chi connectivity index (χ0v) is 9.07. The van der Waals surface area contributed by atoms with Crippen LogP contribution in [0.15, 0.2) is 41.4 Å². The monoisotopic (exact) mass is 216 g/mol. The van der Waals surface area contributed by atoms with Crippen molar-refractivity contribution < 1.29 is 4.39 Å². The fraction of sp³-hybridized carbons (Fsp3) is 0.154. The van der Waals surface area contributed by atoms with Crippen LogP contribution in [0.5, 0.6) is 0 Å². The number of halogens is 1. The molecule has 0 amide bonds. The van der Waals surface area contributed by atoms with Crippen LogP contribution in [-0.4, -0.2) is 12.4 Å². The summed E-state index contributed by atoms with van der Waals surface area (Å²) >= 11 is 0. The minimum absolute atomic E-state index is 0.233. The number of hydrogen-bond acceptors (Lipinski definition) is 1. The molecule has 0 atom stereocenters. The molecule has 16 heavy (non-hydrogen) atoms. The van der Waals surface area contributed by atoms with E-state index in [1.165, 1.54) is 6.07 Å². The SMILES string of the molecule is CCN=C(N)c1ccc(F)c2ccccc12. The van der Waals surface area contributed by atoms with Crippen LogP contribution in [0.2, 0.25) is 0 Å². The molecule has 0 unspecified atom stereocenters. The van der Waals surface area contributed by atoms with Gasteiger partial charge in [-0.15, -0.1) is 0 Å². The Morgan fingerprint density at radius 3 is 2.56 bits per heavy atom. The van der Waals surface area contributed by atoms with Crippen LogP contribution in [0.3, 0.4) is 0 Å². The molecule has 0 saturated carbocycles. The van der Waals surface area contributed by atoms with E-state index in [0.717, 1.165) is 10.9 Å². The number of rotatable bonds is 2. The maximum atomic E-state index is 13.5. The lowest BCUT2D eigenvalue weighted by atomic mass is 10.0.